The summed E-state index contributed by atoms with van der Waals surface area (Å²) in [6, 6.07) is 3.87. The van der Waals surface area contributed by atoms with Crippen LogP contribution in [0.4, 0.5) is 13.2 Å². The smallest absolute Gasteiger partial charge is 0.411 e. The SMILES string of the molecule is COc1ccc(C(=O)O)c(OCOCC(F)(F)F)c1. The van der Waals surface area contributed by atoms with Crippen molar-refractivity contribution in [2.45, 2.75) is 6.18 Å². The number of hydrogen-bond donors (Lipinski definition) is 1. The zero-order valence-corrected chi connectivity index (χ0v) is 9.86. The third kappa shape index (κ3) is 5.04. The molecule has 0 spiro atoms. The maximum atomic E-state index is 11.8. The highest BCUT2D eigenvalue weighted by molar-refractivity contribution is 5.91. The summed E-state index contributed by atoms with van der Waals surface area (Å²) in [6.45, 7) is -2.19. The van der Waals surface area contributed by atoms with Crippen LogP contribution < -0.4 is 9.47 Å². The van der Waals surface area contributed by atoms with Crippen LogP contribution in [0.15, 0.2) is 18.2 Å². The molecule has 19 heavy (non-hydrogen) atoms. The highest BCUT2D eigenvalue weighted by Crippen LogP contribution is 2.25. The fraction of sp³-hybridized carbons (Fsp3) is 0.364. The number of alkyl halides is 3. The van der Waals surface area contributed by atoms with Gasteiger partial charge in [-0.3, -0.25) is 0 Å². The molecule has 0 bridgehead atoms. The number of carboxylic acid groups (broad SMARTS) is 1. The number of methoxy groups -OCH3 is 1. The van der Waals surface area contributed by atoms with E-state index in [1.807, 2.05) is 0 Å². The monoisotopic (exact) mass is 280 g/mol. The second kappa shape index (κ2) is 6.28. The van der Waals surface area contributed by atoms with Gasteiger partial charge in [-0.2, -0.15) is 13.2 Å². The number of ether oxygens (including phenoxy) is 3. The summed E-state index contributed by atoms with van der Waals surface area (Å²) in [7, 11) is 1.36. The first kappa shape index (κ1) is 15.1. The minimum Gasteiger partial charge on any atom is -0.497 e. The molecule has 0 aromatic heterocycles. The molecule has 1 aromatic carbocycles. The Morgan fingerprint density at radius 3 is 2.58 bits per heavy atom. The molecule has 1 rings (SSSR count). The van der Waals surface area contributed by atoms with Gasteiger partial charge in [-0.25, -0.2) is 4.79 Å². The Hall–Kier alpha value is -1.96. The van der Waals surface area contributed by atoms with Gasteiger partial charge in [0.15, 0.2) is 6.79 Å². The van der Waals surface area contributed by atoms with Gasteiger partial charge in [0.1, 0.15) is 23.7 Å². The van der Waals surface area contributed by atoms with E-state index in [0.29, 0.717) is 5.75 Å². The lowest BCUT2D eigenvalue weighted by atomic mass is 10.2. The molecule has 0 aliphatic carbocycles. The van der Waals surface area contributed by atoms with E-state index in [0.717, 1.165) is 0 Å². The van der Waals surface area contributed by atoms with Gasteiger partial charge in [-0.15, -0.1) is 0 Å². The Morgan fingerprint density at radius 2 is 2.05 bits per heavy atom. The van der Waals surface area contributed by atoms with E-state index in [9.17, 15) is 18.0 Å². The predicted octanol–water partition coefficient (Wildman–Crippen LogP) is 2.31. The van der Waals surface area contributed by atoms with E-state index in [4.69, 9.17) is 14.6 Å². The topological polar surface area (TPSA) is 65.0 Å². The van der Waals surface area contributed by atoms with Gasteiger partial charge < -0.3 is 19.3 Å². The fourth-order valence-electron chi connectivity index (χ4n) is 1.19. The Bertz CT molecular complexity index is 444. The van der Waals surface area contributed by atoms with Crippen LogP contribution in [-0.2, 0) is 4.74 Å². The van der Waals surface area contributed by atoms with Crippen molar-refractivity contribution in [3.8, 4) is 11.5 Å². The van der Waals surface area contributed by atoms with Crippen molar-refractivity contribution in [2.24, 2.45) is 0 Å². The quantitative estimate of drug-likeness (QED) is 0.640. The average Bonchev–Trinajstić information content (AvgIpc) is 2.33. The van der Waals surface area contributed by atoms with Crippen LogP contribution in [0.3, 0.4) is 0 Å². The molecule has 1 aromatic rings. The van der Waals surface area contributed by atoms with Gasteiger partial charge >= 0.3 is 12.1 Å². The normalized spacial score (nSPS) is 11.2. The number of carboxylic acids is 1. The molecule has 106 valence electrons. The lowest BCUT2D eigenvalue weighted by molar-refractivity contribution is -0.186. The molecule has 0 unspecified atom stereocenters. The average molecular weight is 280 g/mol. The second-order valence-corrected chi connectivity index (χ2v) is 3.39. The van der Waals surface area contributed by atoms with Crippen LogP contribution in [0.25, 0.3) is 0 Å². The van der Waals surface area contributed by atoms with Crippen molar-refractivity contribution in [1.29, 1.82) is 0 Å². The molecule has 0 saturated carbocycles. The molecule has 8 heteroatoms. The highest BCUT2D eigenvalue weighted by Gasteiger charge is 2.27. The van der Waals surface area contributed by atoms with Gasteiger partial charge in [-0.1, -0.05) is 0 Å². The number of rotatable bonds is 6. The van der Waals surface area contributed by atoms with Gasteiger partial charge in [-0.05, 0) is 12.1 Å². The number of halogens is 3. The first-order valence-electron chi connectivity index (χ1n) is 5.02. The van der Waals surface area contributed by atoms with Gasteiger partial charge in [0.25, 0.3) is 0 Å². The maximum Gasteiger partial charge on any atom is 0.411 e. The fourth-order valence-corrected chi connectivity index (χ4v) is 1.19. The highest BCUT2D eigenvalue weighted by atomic mass is 19.4. The van der Waals surface area contributed by atoms with E-state index in [-0.39, 0.29) is 11.3 Å². The van der Waals surface area contributed by atoms with E-state index >= 15 is 0 Å². The van der Waals surface area contributed by atoms with Crippen molar-refractivity contribution < 1.29 is 37.3 Å². The number of hydrogen-bond acceptors (Lipinski definition) is 4. The van der Waals surface area contributed by atoms with E-state index < -0.39 is 25.5 Å². The van der Waals surface area contributed by atoms with Crippen LogP contribution in [-0.4, -0.2) is 37.8 Å². The van der Waals surface area contributed by atoms with Crippen LogP contribution in [0.5, 0.6) is 11.5 Å². The summed E-state index contributed by atoms with van der Waals surface area (Å²) in [4.78, 5) is 10.9. The number of benzene rings is 1. The van der Waals surface area contributed by atoms with E-state index in [1.54, 1.807) is 0 Å². The molecule has 0 saturated heterocycles. The molecule has 1 N–H and O–H groups in total. The molecule has 0 aliphatic heterocycles. The van der Waals surface area contributed by atoms with Gasteiger partial charge in [0, 0.05) is 6.07 Å². The van der Waals surface area contributed by atoms with Crippen LogP contribution in [0.1, 0.15) is 10.4 Å². The van der Waals surface area contributed by atoms with Crippen LogP contribution in [0, 0.1) is 0 Å². The lowest BCUT2D eigenvalue weighted by Crippen LogP contribution is -2.19. The number of carbonyl (C=O) groups is 1. The molecule has 0 heterocycles. The van der Waals surface area contributed by atoms with Crippen molar-refractivity contribution in [3.63, 3.8) is 0 Å². The third-order valence-corrected chi connectivity index (χ3v) is 1.98. The van der Waals surface area contributed by atoms with Crippen molar-refractivity contribution in [1.82, 2.24) is 0 Å². The van der Waals surface area contributed by atoms with E-state index in [2.05, 4.69) is 4.74 Å². The molecule has 0 amide bonds. The lowest BCUT2D eigenvalue weighted by Gasteiger charge is -2.12. The second-order valence-electron chi connectivity index (χ2n) is 3.39. The Kier molecular flexibility index (Phi) is 4.99. The first-order valence-corrected chi connectivity index (χ1v) is 5.02. The van der Waals surface area contributed by atoms with Gasteiger partial charge in [0.05, 0.1) is 7.11 Å². The summed E-state index contributed by atoms with van der Waals surface area (Å²) in [5.41, 5.74) is -0.198. The molecule has 0 aliphatic rings. The van der Waals surface area contributed by atoms with Crippen molar-refractivity contribution in [2.75, 3.05) is 20.5 Å². The van der Waals surface area contributed by atoms with Crippen molar-refractivity contribution in [3.05, 3.63) is 23.8 Å². The Balaban J connectivity index is 2.67. The summed E-state index contributed by atoms with van der Waals surface area (Å²) < 4.78 is 49.4. The summed E-state index contributed by atoms with van der Waals surface area (Å²) >= 11 is 0. The molecule has 0 fully saturated rings. The third-order valence-electron chi connectivity index (χ3n) is 1.98. The maximum absolute atomic E-state index is 11.8. The summed E-state index contributed by atoms with van der Waals surface area (Å²) in [5, 5.41) is 8.87. The largest absolute Gasteiger partial charge is 0.497 e. The Labute approximate surface area is 106 Å². The van der Waals surface area contributed by atoms with Crippen LogP contribution in [0.2, 0.25) is 0 Å². The zero-order valence-electron chi connectivity index (χ0n) is 9.86. The van der Waals surface area contributed by atoms with Gasteiger partial charge in [0.2, 0.25) is 0 Å². The summed E-state index contributed by atoms with van der Waals surface area (Å²) in [5.74, 6) is -1.08. The predicted molar refractivity (Wildman–Crippen MR) is 57.5 cm³/mol. The molecular weight excluding hydrogens is 269 g/mol. The van der Waals surface area contributed by atoms with E-state index in [1.165, 1.54) is 25.3 Å². The number of aromatic carboxylic acids is 1. The Morgan fingerprint density at radius 1 is 1.37 bits per heavy atom. The summed E-state index contributed by atoms with van der Waals surface area (Å²) in [6.07, 6.45) is -4.46. The van der Waals surface area contributed by atoms with Crippen molar-refractivity contribution >= 4 is 5.97 Å². The minimum absolute atomic E-state index is 0.131. The molecule has 0 radical (unpaired) electrons. The molecule has 0 atom stereocenters. The molecule has 5 nitrogen and oxygen atoms in total. The first-order chi connectivity index (χ1) is 8.83. The standard InChI is InChI=1S/C11H11F3O5/c1-17-7-2-3-8(10(15)16)9(4-7)19-6-18-5-11(12,13)14/h2-4H,5-6H2,1H3,(H,15,16). The molecular formula is C11H11F3O5. The minimum atomic E-state index is -4.46. The zero-order chi connectivity index (χ0) is 14.5. The van der Waals surface area contributed by atoms with Crippen LogP contribution >= 0.6 is 0 Å².